The van der Waals surface area contributed by atoms with Crippen LogP contribution in [-0.4, -0.2) is 19.1 Å². The molecule has 1 amide bonds. The molecule has 0 heterocycles. The maximum absolute atomic E-state index is 12.5. The van der Waals surface area contributed by atoms with Gasteiger partial charge in [-0.15, -0.1) is 0 Å². The van der Waals surface area contributed by atoms with Gasteiger partial charge in [0.2, 0.25) is 0 Å². The van der Waals surface area contributed by atoms with E-state index in [2.05, 4.69) is 19.2 Å². The highest BCUT2D eigenvalue weighted by Crippen LogP contribution is 2.21. The van der Waals surface area contributed by atoms with E-state index in [1.807, 2.05) is 49.4 Å². The van der Waals surface area contributed by atoms with Crippen LogP contribution in [0.4, 0.5) is 5.69 Å². The lowest BCUT2D eigenvalue weighted by Crippen LogP contribution is -2.15. The third kappa shape index (κ3) is 5.02. The number of nitrogens with one attached hydrogen (secondary N) is 1. The van der Waals surface area contributed by atoms with E-state index in [9.17, 15) is 4.79 Å². The molecule has 4 nitrogen and oxygen atoms in total. The van der Waals surface area contributed by atoms with Crippen LogP contribution in [0.15, 0.2) is 48.5 Å². The summed E-state index contributed by atoms with van der Waals surface area (Å²) in [4.78, 5) is 12.5. The van der Waals surface area contributed by atoms with E-state index in [4.69, 9.17) is 9.47 Å². The summed E-state index contributed by atoms with van der Waals surface area (Å²) in [7, 11) is 0. The Balaban J connectivity index is 2.08. The third-order valence-corrected chi connectivity index (χ3v) is 3.13. The van der Waals surface area contributed by atoms with Crippen LogP contribution in [0.2, 0.25) is 0 Å². The number of carbonyl (C=O) groups excluding carboxylic acids is 1. The topological polar surface area (TPSA) is 47.6 Å². The molecule has 2 aromatic carbocycles. The molecule has 0 radical (unpaired) electrons. The zero-order chi connectivity index (χ0) is 16.7. The molecule has 0 saturated heterocycles. The number of hydrogen-bond donors (Lipinski definition) is 1. The van der Waals surface area contributed by atoms with Gasteiger partial charge in [0.1, 0.15) is 11.5 Å². The number of carbonyl (C=O) groups is 1. The molecular formula is C19H23NO3. The predicted octanol–water partition coefficient (Wildman–Crippen LogP) is 4.37. The Morgan fingerprint density at radius 2 is 1.74 bits per heavy atom. The molecule has 0 bridgehead atoms. The quantitative estimate of drug-likeness (QED) is 0.825. The minimum atomic E-state index is -0.187. The van der Waals surface area contributed by atoms with Gasteiger partial charge in [0, 0.05) is 5.69 Å². The van der Waals surface area contributed by atoms with Crippen molar-refractivity contribution in [1.82, 2.24) is 0 Å². The minimum Gasteiger partial charge on any atom is -0.494 e. The molecule has 0 spiro atoms. The van der Waals surface area contributed by atoms with Crippen LogP contribution in [-0.2, 0) is 0 Å². The molecule has 0 unspecified atom stereocenters. The summed E-state index contributed by atoms with van der Waals surface area (Å²) in [6, 6.07) is 14.6. The largest absolute Gasteiger partial charge is 0.494 e. The van der Waals surface area contributed by atoms with Gasteiger partial charge in [0.05, 0.1) is 18.8 Å². The van der Waals surface area contributed by atoms with Gasteiger partial charge in [0.15, 0.2) is 0 Å². The van der Waals surface area contributed by atoms with Crippen molar-refractivity contribution in [3.63, 3.8) is 0 Å². The van der Waals surface area contributed by atoms with Crippen LogP contribution in [0.25, 0.3) is 0 Å². The molecular weight excluding hydrogens is 290 g/mol. The highest BCUT2D eigenvalue weighted by atomic mass is 16.5. The van der Waals surface area contributed by atoms with E-state index < -0.39 is 0 Å². The second-order valence-corrected chi connectivity index (χ2v) is 5.61. The highest BCUT2D eigenvalue weighted by molar-refractivity contribution is 6.06. The average molecular weight is 313 g/mol. The summed E-state index contributed by atoms with van der Waals surface area (Å²) in [5, 5.41) is 2.88. The molecule has 4 heteroatoms. The first-order chi connectivity index (χ1) is 11.1. The summed E-state index contributed by atoms with van der Waals surface area (Å²) in [6.45, 7) is 7.27. The molecule has 0 fully saturated rings. The van der Waals surface area contributed by atoms with Gasteiger partial charge in [-0.2, -0.15) is 0 Å². The fraction of sp³-hybridized carbons (Fsp3) is 0.316. The molecule has 23 heavy (non-hydrogen) atoms. The van der Waals surface area contributed by atoms with E-state index in [1.54, 1.807) is 6.07 Å². The normalized spacial score (nSPS) is 10.4. The van der Waals surface area contributed by atoms with Crippen LogP contribution in [0.5, 0.6) is 11.5 Å². The van der Waals surface area contributed by atoms with Gasteiger partial charge in [-0.05, 0) is 49.2 Å². The van der Waals surface area contributed by atoms with E-state index in [0.717, 1.165) is 11.4 Å². The smallest absolute Gasteiger partial charge is 0.259 e. The highest BCUT2D eigenvalue weighted by Gasteiger charge is 2.12. The fourth-order valence-corrected chi connectivity index (χ4v) is 2.04. The second-order valence-electron chi connectivity index (χ2n) is 5.61. The molecule has 0 saturated carbocycles. The summed E-state index contributed by atoms with van der Waals surface area (Å²) in [5.74, 6) is 1.60. The monoisotopic (exact) mass is 313 g/mol. The van der Waals surface area contributed by atoms with E-state index in [-0.39, 0.29) is 5.91 Å². The standard InChI is InChI=1S/C19H23NO3/c1-4-22-16-11-9-15(10-12-16)20-19(21)17-7-5-6-8-18(17)23-13-14(2)3/h5-12,14H,4,13H2,1-3H3,(H,20,21). The third-order valence-electron chi connectivity index (χ3n) is 3.13. The summed E-state index contributed by atoms with van der Waals surface area (Å²) >= 11 is 0. The lowest BCUT2D eigenvalue weighted by Gasteiger charge is -2.13. The molecule has 1 N–H and O–H groups in total. The van der Waals surface area contributed by atoms with Crippen molar-refractivity contribution in [3.05, 3.63) is 54.1 Å². The molecule has 0 aromatic heterocycles. The Morgan fingerprint density at radius 3 is 2.39 bits per heavy atom. The van der Waals surface area contributed by atoms with Crippen LogP contribution in [0, 0.1) is 5.92 Å². The molecule has 0 aliphatic heterocycles. The first-order valence-corrected chi connectivity index (χ1v) is 7.86. The Bertz CT molecular complexity index is 635. The van der Waals surface area contributed by atoms with Crippen LogP contribution in [0.3, 0.4) is 0 Å². The molecule has 0 aliphatic carbocycles. The number of benzene rings is 2. The minimum absolute atomic E-state index is 0.187. The van der Waals surface area contributed by atoms with Gasteiger partial charge in [0.25, 0.3) is 5.91 Å². The van der Waals surface area contributed by atoms with Gasteiger partial charge >= 0.3 is 0 Å². The van der Waals surface area contributed by atoms with Crippen LogP contribution < -0.4 is 14.8 Å². The summed E-state index contributed by atoms with van der Waals surface area (Å²) < 4.78 is 11.1. The molecule has 0 atom stereocenters. The van der Waals surface area contributed by atoms with Crippen molar-refractivity contribution in [2.45, 2.75) is 20.8 Å². The average Bonchev–Trinajstić information content (AvgIpc) is 2.55. The molecule has 122 valence electrons. The fourth-order valence-electron chi connectivity index (χ4n) is 2.04. The van der Waals surface area contributed by atoms with Crippen LogP contribution >= 0.6 is 0 Å². The lowest BCUT2D eigenvalue weighted by molar-refractivity contribution is 0.102. The maximum Gasteiger partial charge on any atom is 0.259 e. The zero-order valence-electron chi connectivity index (χ0n) is 13.8. The van der Waals surface area contributed by atoms with Crippen molar-refractivity contribution in [2.75, 3.05) is 18.5 Å². The second kappa shape index (κ2) is 8.22. The number of hydrogen-bond acceptors (Lipinski definition) is 3. The summed E-state index contributed by atoms with van der Waals surface area (Å²) in [6.07, 6.45) is 0. The van der Waals surface area contributed by atoms with Crippen molar-refractivity contribution >= 4 is 11.6 Å². The van der Waals surface area contributed by atoms with Gasteiger partial charge in [-0.1, -0.05) is 26.0 Å². The predicted molar refractivity (Wildman–Crippen MR) is 92.3 cm³/mol. The molecule has 2 rings (SSSR count). The Hall–Kier alpha value is -2.49. The number of amides is 1. The van der Waals surface area contributed by atoms with Gasteiger partial charge in [-0.3, -0.25) is 4.79 Å². The Labute approximate surface area is 137 Å². The first kappa shape index (κ1) is 16.9. The summed E-state index contributed by atoms with van der Waals surface area (Å²) in [5.41, 5.74) is 1.25. The van der Waals surface area contributed by atoms with E-state index in [1.165, 1.54) is 0 Å². The Kier molecular flexibility index (Phi) is 6.03. The lowest BCUT2D eigenvalue weighted by atomic mass is 10.1. The molecule has 2 aromatic rings. The van der Waals surface area contributed by atoms with Crippen molar-refractivity contribution < 1.29 is 14.3 Å². The van der Waals surface area contributed by atoms with Crippen molar-refractivity contribution in [1.29, 1.82) is 0 Å². The molecule has 0 aliphatic rings. The van der Waals surface area contributed by atoms with Gasteiger partial charge in [-0.25, -0.2) is 0 Å². The number of ether oxygens (including phenoxy) is 2. The first-order valence-electron chi connectivity index (χ1n) is 7.86. The Morgan fingerprint density at radius 1 is 1.04 bits per heavy atom. The van der Waals surface area contributed by atoms with E-state index in [0.29, 0.717) is 30.4 Å². The van der Waals surface area contributed by atoms with Crippen LogP contribution in [0.1, 0.15) is 31.1 Å². The number of anilines is 1. The van der Waals surface area contributed by atoms with E-state index >= 15 is 0 Å². The zero-order valence-corrected chi connectivity index (χ0v) is 13.8. The SMILES string of the molecule is CCOc1ccc(NC(=O)c2ccccc2OCC(C)C)cc1. The van der Waals surface area contributed by atoms with Gasteiger partial charge < -0.3 is 14.8 Å². The number of para-hydroxylation sites is 1. The van der Waals surface area contributed by atoms with Crippen molar-refractivity contribution in [3.8, 4) is 11.5 Å². The maximum atomic E-state index is 12.5. The van der Waals surface area contributed by atoms with Crippen molar-refractivity contribution in [2.24, 2.45) is 5.92 Å². The number of rotatable bonds is 7.